The third-order valence-electron chi connectivity index (χ3n) is 1.40. The van der Waals surface area contributed by atoms with Crippen molar-refractivity contribution in [3.05, 3.63) is 42.0 Å². The summed E-state index contributed by atoms with van der Waals surface area (Å²) in [6.45, 7) is 0. The Morgan fingerprint density at radius 2 is 2.00 bits per heavy atom. The smallest absolute Gasteiger partial charge is 0.307 e. The Morgan fingerprint density at radius 3 is 2.58 bits per heavy atom. The summed E-state index contributed by atoms with van der Waals surface area (Å²) in [6.07, 6.45) is 3.51. The molecule has 1 aromatic rings. The molecule has 1 rings (SSSR count). The maximum atomic E-state index is 10.1. The van der Waals surface area contributed by atoms with E-state index < -0.39 is 5.97 Å². The van der Waals surface area contributed by atoms with Gasteiger partial charge in [0.05, 0.1) is 6.42 Å². The molecule has 2 heteroatoms. The zero-order valence-electron chi connectivity index (χ0n) is 6.60. The van der Waals surface area contributed by atoms with Gasteiger partial charge in [0, 0.05) is 0 Å². The molecule has 0 heterocycles. The predicted molar refractivity (Wildman–Crippen MR) is 47.7 cm³/mol. The van der Waals surface area contributed by atoms with Crippen LogP contribution in [0.3, 0.4) is 0 Å². The summed E-state index contributed by atoms with van der Waals surface area (Å²) in [5.74, 6) is -0.804. The van der Waals surface area contributed by atoms with Crippen molar-refractivity contribution in [3.8, 4) is 0 Å². The second kappa shape index (κ2) is 4.34. The zero-order valence-corrected chi connectivity index (χ0v) is 6.60. The first-order chi connectivity index (χ1) is 5.79. The van der Waals surface area contributed by atoms with Crippen molar-refractivity contribution < 1.29 is 9.90 Å². The molecule has 0 aliphatic heterocycles. The molecular weight excluding hydrogens is 152 g/mol. The van der Waals surface area contributed by atoms with E-state index in [4.69, 9.17) is 5.11 Å². The van der Waals surface area contributed by atoms with Crippen molar-refractivity contribution in [2.45, 2.75) is 6.42 Å². The Labute approximate surface area is 71.2 Å². The summed E-state index contributed by atoms with van der Waals surface area (Å²) < 4.78 is 0. The molecule has 62 valence electrons. The number of carboxylic acid groups (broad SMARTS) is 1. The van der Waals surface area contributed by atoms with Crippen molar-refractivity contribution in [1.82, 2.24) is 0 Å². The van der Waals surface area contributed by atoms with Gasteiger partial charge in [-0.25, -0.2) is 0 Å². The Kier molecular flexibility index (Phi) is 3.08. The van der Waals surface area contributed by atoms with Gasteiger partial charge in [0.25, 0.3) is 0 Å². The van der Waals surface area contributed by atoms with E-state index in [1.807, 2.05) is 30.3 Å². The van der Waals surface area contributed by atoms with E-state index in [9.17, 15) is 4.79 Å². The molecule has 2 nitrogen and oxygen atoms in total. The van der Waals surface area contributed by atoms with Crippen molar-refractivity contribution >= 4 is 12.0 Å². The summed E-state index contributed by atoms with van der Waals surface area (Å²) in [5.41, 5.74) is 1.03. The number of rotatable bonds is 3. The molecule has 1 N–H and O–H groups in total. The molecule has 0 radical (unpaired) electrons. The van der Waals surface area contributed by atoms with Crippen LogP contribution in [0.25, 0.3) is 6.08 Å². The quantitative estimate of drug-likeness (QED) is 0.739. The number of carbonyl (C=O) groups is 1. The van der Waals surface area contributed by atoms with E-state index in [0.717, 1.165) is 5.56 Å². The molecular formula is C10H10O2. The van der Waals surface area contributed by atoms with Crippen LogP contribution in [0.2, 0.25) is 0 Å². The molecule has 0 saturated heterocycles. The second-order valence-corrected chi connectivity index (χ2v) is 2.41. The van der Waals surface area contributed by atoms with Gasteiger partial charge in [-0.05, 0) is 5.56 Å². The number of hydrogen-bond donors (Lipinski definition) is 1. The predicted octanol–water partition coefficient (Wildman–Crippen LogP) is 2.17. The van der Waals surface area contributed by atoms with Crippen molar-refractivity contribution in [3.63, 3.8) is 0 Å². The first-order valence-corrected chi connectivity index (χ1v) is 3.72. The fourth-order valence-electron chi connectivity index (χ4n) is 0.860. The van der Waals surface area contributed by atoms with Gasteiger partial charge in [-0.15, -0.1) is 0 Å². The lowest BCUT2D eigenvalue weighted by Gasteiger charge is -1.89. The maximum absolute atomic E-state index is 10.1. The van der Waals surface area contributed by atoms with Crippen LogP contribution in [0.15, 0.2) is 36.4 Å². The van der Waals surface area contributed by atoms with E-state index in [1.165, 1.54) is 0 Å². The lowest BCUT2D eigenvalue weighted by atomic mass is 10.2. The topological polar surface area (TPSA) is 37.3 Å². The molecule has 0 aromatic heterocycles. The minimum atomic E-state index is -0.804. The highest BCUT2D eigenvalue weighted by molar-refractivity contribution is 5.70. The molecule has 0 fully saturated rings. The normalized spacial score (nSPS) is 10.3. The van der Waals surface area contributed by atoms with Crippen LogP contribution in [-0.2, 0) is 4.79 Å². The van der Waals surface area contributed by atoms with Crippen molar-refractivity contribution in [2.24, 2.45) is 0 Å². The first kappa shape index (κ1) is 8.53. The summed E-state index contributed by atoms with van der Waals surface area (Å²) in [5, 5.41) is 8.34. The van der Waals surface area contributed by atoms with Gasteiger partial charge in [0.2, 0.25) is 0 Å². The number of hydrogen-bond acceptors (Lipinski definition) is 1. The lowest BCUT2D eigenvalue weighted by Crippen LogP contribution is -1.89. The van der Waals surface area contributed by atoms with E-state index >= 15 is 0 Å². The molecule has 0 unspecified atom stereocenters. The molecule has 0 amide bonds. The average molecular weight is 162 g/mol. The van der Waals surface area contributed by atoms with Gasteiger partial charge in [0.15, 0.2) is 0 Å². The Hall–Kier alpha value is -1.57. The van der Waals surface area contributed by atoms with Crippen molar-refractivity contribution in [2.75, 3.05) is 0 Å². The summed E-state index contributed by atoms with van der Waals surface area (Å²) >= 11 is 0. The van der Waals surface area contributed by atoms with E-state index in [1.54, 1.807) is 12.2 Å². The van der Waals surface area contributed by atoms with E-state index in [0.29, 0.717) is 0 Å². The zero-order chi connectivity index (χ0) is 8.81. The third-order valence-corrected chi connectivity index (χ3v) is 1.40. The fraction of sp³-hybridized carbons (Fsp3) is 0.100. The van der Waals surface area contributed by atoms with Gasteiger partial charge in [-0.2, -0.15) is 0 Å². The maximum Gasteiger partial charge on any atom is 0.307 e. The molecule has 0 saturated carbocycles. The van der Waals surface area contributed by atoms with E-state index in [-0.39, 0.29) is 6.42 Å². The largest absolute Gasteiger partial charge is 0.481 e. The van der Waals surface area contributed by atoms with E-state index in [2.05, 4.69) is 0 Å². The van der Waals surface area contributed by atoms with Crippen LogP contribution in [0.4, 0.5) is 0 Å². The molecule has 0 aliphatic rings. The fourth-order valence-corrected chi connectivity index (χ4v) is 0.860. The van der Waals surface area contributed by atoms with Crippen LogP contribution in [-0.4, -0.2) is 11.1 Å². The molecule has 0 aliphatic carbocycles. The summed E-state index contributed by atoms with van der Waals surface area (Å²) in [4.78, 5) is 10.1. The molecule has 0 atom stereocenters. The van der Waals surface area contributed by atoms with Crippen LogP contribution < -0.4 is 0 Å². The molecule has 0 bridgehead atoms. The monoisotopic (exact) mass is 162 g/mol. The Bertz CT molecular complexity index is 275. The van der Waals surface area contributed by atoms with Crippen LogP contribution in [0.5, 0.6) is 0 Å². The number of benzene rings is 1. The highest BCUT2D eigenvalue weighted by Gasteiger charge is 1.88. The minimum Gasteiger partial charge on any atom is -0.481 e. The minimum absolute atomic E-state index is 0.0783. The SMILES string of the molecule is O=C(O)C/C=C\c1ccccc1. The van der Waals surface area contributed by atoms with Gasteiger partial charge < -0.3 is 5.11 Å². The first-order valence-electron chi connectivity index (χ1n) is 3.72. The summed E-state index contributed by atoms with van der Waals surface area (Å²) in [7, 11) is 0. The number of aliphatic carboxylic acids is 1. The van der Waals surface area contributed by atoms with Crippen molar-refractivity contribution in [1.29, 1.82) is 0 Å². The van der Waals surface area contributed by atoms with Crippen LogP contribution >= 0.6 is 0 Å². The lowest BCUT2D eigenvalue weighted by molar-refractivity contribution is -0.135. The highest BCUT2D eigenvalue weighted by Crippen LogP contribution is 2.01. The molecule has 0 spiro atoms. The Balaban J connectivity index is 2.52. The van der Waals surface area contributed by atoms with Gasteiger partial charge in [-0.1, -0.05) is 42.5 Å². The van der Waals surface area contributed by atoms with Gasteiger partial charge in [0.1, 0.15) is 0 Å². The molecule has 12 heavy (non-hydrogen) atoms. The van der Waals surface area contributed by atoms with Gasteiger partial charge in [-0.3, -0.25) is 4.79 Å². The Morgan fingerprint density at radius 1 is 1.33 bits per heavy atom. The van der Waals surface area contributed by atoms with Crippen LogP contribution in [0.1, 0.15) is 12.0 Å². The van der Waals surface area contributed by atoms with Gasteiger partial charge >= 0.3 is 5.97 Å². The standard InChI is InChI=1S/C10H10O2/c11-10(12)8-4-7-9-5-2-1-3-6-9/h1-7H,8H2,(H,11,12)/b7-4-. The second-order valence-electron chi connectivity index (χ2n) is 2.41. The molecule has 1 aromatic carbocycles. The number of carboxylic acids is 1. The summed E-state index contributed by atoms with van der Waals surface area (Å²) in [6, 6.07) is 9.62. The average Bonchev–Trinajstić information content (AvgIpc) is 2.05. The highest BCUT2D eigenvalue weighted by atomic mass is 16.4. The third kappa shape index (κ3) is 3.01. The van der Waals surface area contributed by atoms with Crippen LogP contribution in [0, 0.1) is 0 Å².